The fourth-order valence-electron chi connectivity index (χ4n) is 2.71. The van der Waals surface area contributed by atoms with Crippen molar-refractivity contribution in [3.63, 3.8) is 0 Å². The SMILES string of the molecule is CCNC(c1cc2ccccc2o1)c1ncc(C)cc1C. The topological polar surface area (TPSA) is 38.1 Å². The van der Waals surface area contributed by atoms with Gasteiger partial charge in [0.05, 0.1) is 5.69 Å². The lowest BCUT2D eigenvalue weighted by Gasteiger charge is -2.17. The van der Waals surface area contributed by atoms with E-state index in [1.165, 1.54) is 11.1 Å². The maximum Gasteiger partial charge on any atom is 0.134 e. The zero-order valence-electron chi connectivity index (χ0n) is 12.7. The van der Waals surface area contributed by atoms with Crippen molar-refractivity contribution in [1.29, 1.82) is 0 Å². The van der Waals surface area contributed by atoms with E-state index in [0.717, 1.165) is 29.0 Å². The average molecular weight is 280 g/mol. The summed E-state index contributed by atoms with van der Waals surface area (Å²) < 4.78 is 6.02. The summed E-state index contributed by atoms with van der Waals surface area (Å²) in [6.07, 6.45) is 1.91. The van der Waals surface area contributed by atoms with Crippen molar-refractivity contribution in [2.75, 3.05) is 6.54 Å². The molecule has 0 saturated carbocycles. The van der Waals surface area contributed by atoms with E-state index in [-0.39, 0.29) is 6.04 Å². The van der Waals surface area contributed by atoms with Crippen molar-refractivity contribution in [2.24, 2.45) is 0 Å². The van der Waals surface area contributed by atoms with Crippen LogP contribution in [0.15, 0.2) is 47.0 Å². The van der Waals surface area contributed by atoms with Gasteiger partial charge < -0.3 is 9.73 Å². The molecule has 0 aliphatic rings. The van der Waals surface area contributed by atoms with Crippen molar-refractivity contribution in [1.82, 2.24) is 10.3 Å². The molecule has 2 aromatic heterocycles. The smallest absolute Gasteiger partial charge is 0.134 e. The molecule has 2 heterocycles. The highest BCUT2D eigenvalue weighted by atomic mass is 16.3. The summed E-state index contributed by atoms with van der Waals surface area (Å²) in [5.41, 5.74) is 4.30. The standard InChI is InChI=1S/C18H20N2O/c1-4-19-18(17-13(3)9-12(2)11-20-17)16-10-14-7-5-6-8-15(14)21-16/h5-11,18-19H,4H2,1-3H3. The van der Waals surface area contributed by atoms with Crippen LogP contribution in [0.25, 0.3) is 11.0 Å². The Morgan fingerprint density at radius 3 is 2.71 bits per heavy atom. The number of aryl methyl sites for hydroxylation is 2. The molecule has 3 heteroatoms. The molecule has 21 heavy (non-hydrogen) atoms. The van der Waals surface area contributed by atoms with E-state index in [1.807, 2.05) is 24.4 Å². The van der Waals surface area contributed by atoms with Crippen LogP contribution in [0.4, 0.5) is 0 Å². The van der Waals surface area contributed by atoms with Crippen LogP contribution in [-0.4, -0.2) is 11.5 Å². The molecule has 0 aliphatic carbocycles. The van der Waals surface area contributed by atoms with Crippen LogP contribution in [0.1, 0.15) is 35.5 Å². The molecule has 1 aromatic carbocycles. The number of fused-ring (bicyclic) bond motifs is 1. The third-order valence-electron chi connectivity index (χ3n) is 3.67. The van der Waals surface area contributed by atoms with Crippen LogP contribution in [0.2, 0.25) is 0 Å². The number of hydrogen-bond donors (Lipinski definition) is 1. The highest BCUT2D eigenvalue weighted by Crippen LogP contribution is 2.29. The Morgan fingerprint density at radius 1 is 1.19 bits per heavy atom. The molecule has 1 unspecified atom stereocenters. The van der Waals surface area contributed by atoms with Gasteiger partial charge in [0.1, 0.15) is 17.4 Å². The number of aromatic nitrogens is 1. The summed E-state index contributed by atoms with van der Waals surface area (Å²) in [7, 11) is 0. The van der Waals surface area contributed by atoms with E-state index >= 15 is 0 Å². The molecule has 0 amide bonds. The molecule has 0 bridgehead atoms. The summed E-state index contributed by atoms with van der Waals surface area (Å²) in [5, 5.41) is 4.61. The largest absolute Gasteiger partial charge is 0.459 e. The quantitative estimate of drug-likeness (QED) is 0.780. The van der Waals surface area contributed by atoms with Crippen molar-refractivity contribution >= 4 is 11.0 Å². The molecule has 0 spiro atoms. The summed E-state index contributed by atoms with van der Waals surface area (Å²) in [5.74, 6) is 0.914. The molecular weight excluding hydrogens is 260 g/mol. The lowest BCUT2D eigenvalue weighted by Crippen LogP contribution is -2.23. The first-order valence-electron chi connectivity index (χ1n) is 7.34. The van der Waals surface area contributed by atoms with Crippen LogP contribution < -0.4 is 5.32 Å². The summed E-state index contributed by atoms with van der Waals surface area (Å²) in [6.45, 7) is 7.12. The van der Waals surface area contributed by atoms with Crippen LogP contribution >= 0.6 is 0 Å². The Bertz CT molecular complexity index is 728. The lowest BCUT2D eigenvalue weighted by atomic mass is 10.0. The van der Waals surface area contributed by atoms with E-state index in [1.54, 1.807) is 0 Å². The van der Waals surface area contributed by atoms with Gasteiger partial charge in [-0.05, 0) is 43.7 Å². The monoisotopic (exact) mass is 280 g/mol. The highest BCUT2D eigenvalue weighted by Gasteiger charge is 2.20. The van der Waals surface area contributed by atoms with Gasteiger partial charge in [0, 0.05) is 11.6 Å². The van der Waals surface area contributed by atoms with Crippen LogP contribution in [-0.2, 0) is 0 Å². The van der Waals surface area contributed by atoms with E-state index in [4.69, 9.17) is 4.42 Å². The number of hydrogen-bond acceptors (Lipinski definition) is 3. The predicted octanol–water partition coefficient (Wildman–Crippen LogP) is 4.14. The summed E-state index contributed by atoms with van der Waals surface area (Å²) in [6, 6.07) is 12.3. The number of pyridine rings is 1. The van der Waals surface area contributed by atoms with Crippen molar-refractivity contribution in [3.8, 4) is 0 Å². The van der Waals surface area contributed by atoms with Crippen molar-refractivity contribution in [2.45, 2.75) is 26.8 Å². The van der Waals surface area contributed by atoms with E-state index in [9.17, 15) is 0 Å². The first-order chi connectivity index (χ1) is 10.2. The minimum Gasteiger partial charge on any atom is -0.459 e. The normalized spacial score (nSPS) is 12.7. The predicted molar refractivity (Wildman–Crippen MR) is 85.4 cm³/mol. The lowest BCUT2D eigenvalue weighted by molar-refractivity contribution is 0.470. The number of nitrogens with zero attached hydrogens (tertiary/aromatic N) is 1. The number of rotatable bonds is 4. The maximum atomic E-state index is 6.02. The van der Waals surface area contributed by atoms with Crippen molar-refractivity contribution in [3.05, 3.63) is 65.2 Å². The zero-order valence-corrected chi connectivity index (χ0v) is 12.7. The first kappa shape index (κ1) is 13.8. The molecule has 0 aliphatic heterocycles. The van der Waals surface area contributed by atoms with Crippen LogP contribution in [0, 0.1) is 13.8 Å². The third-order valence-corrected chi connectivity index (χ3v) is 3.67. The number of nitrogens with one attached hydrogen (secondary N) is 1. The van der Waals surface area contributed by atoms with Gasteiger partial charge in [0.25, 0.3) is 0 Å². The van der Waals surface area contributed by atoms with Gasteiger partial charge in [-0.25, -0.2) is 0 Å². The Morgan fingerprint density at radius 2 is 2.00 bits per heavy atom. The Labute approximate surface area is 125 Å². The van der Waals surface area contributed by atoms with Crippen molar-refractivity contribution < 1.29 is 4.42 Å². The molecule has 1 atom stereocenters. The van der Waals surface area contributed by atoms with Gasteiger partial charge in [0.2, 0.25) is 0 Å². The number of benzene rings is 1. The molecule has 3 nitrogen and oxygen atoms in total. The van der Waals surface area contributed by atoms with Gasteiger partial charge in [-0.15, -0.1) is 0 Å². The highest BCUT2D eigenvalue weighted by molar-refractivity contribution is 5.77. The molecular formula is C18H20N2O. The van der Waals surface area contributed by atoms with Gasteiger partial charge in [-0.3, -0.25) is 4.98 Å². The first-order valence-corrected chi connectivity index (χ1v) is 7.34. The Balaban J connectivity index is 2.08. The molecule has 3 rings (SSSR count). The van der Waals surface area contributed by atoms with E-state index in [2.05, 4.69) is 49.3 Å². The summed E-state index contributed by atoms with van der Waals surface area (Å²) >= 11 is 0. The maximum absolute atomic E-state index is 6.02. The molecule has 108 valence electrons. The van der Waals surface area contributed by atoms with E-state index in [0.29, 0.717) is 0 Å². The molecule has 3 aromatic rings. The van der Waals surface area contributed by atoms with Crippen LogP contribution in [0.5, 0.6) is 0 Å². The molecule has 0 fully saturated rings. The second-order valence-corrected chi connectivity index (χ2v) is 5.39. The number of furan rings is 1. The van der Waals surface area contributed by atoms with Gasteiger partial charge >= 0.3 is 0 Å². The van der Waals surface area contributed by atoms with Gasteiger partial charge in [0.15, 0.2) is 0 Å². The Hall–Kier alpha value is -2.13. The van der Waals surface area contributed by atoms with Gasteiger partial charge in [-0.2, -0.15) is 0 Å². The Kier molecular flexibility index (Phi) is 3.76. The van der Waals surface area contributed by atoms with Crippen LogP contribution in [0.3, 0.4) is 0 Å². The molecule has 0 radical (unpaired) electrons. The molecule has 1 N–H and O–H groups in total. The fourth-order valence-corrected chi connectivity index (χ4v) is 2.71. The second-order valence-electron chi connectivity index (χ2n) is 5.39. The van der Waals surface area contributed by atoms with Gasteiger partial charge in [-0.1, -0.05) is 31.2 Å². The zero-order chi connectivity index (χ0) is 14.8. The summed E-state index contributed by atoms with van der Waals surface area (Å²) in [4.78, 5) is 4.62. The fraction of sp³-hybridized carbons (Fsp3) is 0.278. The third kappa shape index (κ3) is 2.69. The number of para-hydroxylation sites is 1. The minimum atomic E-state index is -0.0111. The average Bonchev–Trinajstić information content (AvgIpc) is 2.89. The second kappa shape index (κ2) is 5.70. The van der Waals surface area contributed by atoms with E-state index < -0.39 is 0 Å². The minimum absolute atomic E-state index is 0.0111. The molecule has 0 saturated heterocycles.